The number of aromatic nitrogens is 2. The van der Waals surface area contributed by atoms with E-state index in [4.69, 9.17) is 21.1 Å². The number of carbonyl (C=O) groups excluding carboxylic acids is 1. The van der Waals surface area contributed by atoms with Gasteiger partial charge >= 0.3 is 6.18 Å². The monoisotopic (exact) mass is 405 g/mol. The normalized spacial score (nSPS) is 13.4. The highest BCUT2D eigenvalue weighted by atomic mass is 35.5. The number of nitrogens with one attached hydrogen (secondary N) is 1. The van der Waals surface area contributed by atoms with Crippen molar-refractivity contribution in [2.45, 2.75) is 11.3 Å². The number of halogens is 4. The van der Waals surface area contributed by atoms with Gasteiger partial charge in [0, 0.05) is 18.3 Å². The molecule has 6 nitrogen and oxygen atoms in total. The quantitative estimate of drug-likeness (QED) is 0.618. The number of amides is 1. The van der Waals surface area contributed by atoms with Gasteiger partial charge in [-0.2, -0.15) is 13.2 Å². The summed E-state index contributed by atoms with van der Waals surface area (Å²) < 4.78 is 48.6. The third kappa shape index (κ3) is 4.50. The molecule has 0 bridgehead atoms. The van der Waals surface area contributed by atoms with Crippen LogP contribution in [0.3, 0.4) is 0 Å². The molecule has 1 N–H and O–H groups in total. The molecule has 2 heterocycles. The van der Waals surface area contributed by atoms with E-state index in [2.05, 4.69) is 15.3 Å². The average molecular weight is 406 g/mol. The van der Waals surface area contributed by atoms with Crippen LogP contribution in [0.1, 0.15) is 5.69 Å². The molecule has 1 aromatic heterocycles. The first-order chi connectivity index (χ1) is 12.3. The van der Waals surface area contributed by atoms with Gasteiger partial charge in [-0.15, -0.1) is 0 Å². The minimum Gasteiger partial charge on any atom is -0.486 e. The number of thioether (sulfide) groups is 1. The summed E-state index contributed by atoms with van der Waals surface area (Å²) in [6.45, 7) is 0.785. The van der Waals surface area contributed by atoms with Crippen molar-refractivity contribution in [3.63, 3.8) is 0 Å². The summed E-state index contributed by atoms with van der Waals surface area (Å²) in [6.07, 6.45) is -3.58. The van der Waals surface area contributed by atoms with Gasteiger partial charge in [-0.25, -0.2) is 9.97 Å². The molecule has 0 saturated heterocycles. The fraction of sp³-hybridized carbons (Fsp3) is 0.267. The summed E-state index contributed by atoms with van der Waals surface area (Å²) >= 11 is 6.87. The molecule has 11 heteroatoms. The van der Waals surface area contributed by atoms with Crippen molar-refractivity contribution < 1.29 is 27.4 Å². The predicted octanol–water partition coefficient (Wildman–Crippen LogP) is 3.65. The minimum absolute atomic E-state index is 0.150. The van der Waals surface area contributed by atoms with Crippen LogP contribution in [0, 0.1) is 0 Å². The molecule has 0 fully saturated rings. The predicted molar refractivity (Wildman–Crippen MR) is 88.8 cm³/mol. The number of anilines is 1. The summed E-state index contributed by atoms with van der Waals surface area (Å²) in [6, 6.07) is 3.81. The van der Waals surface area contributed by atoms with E-state index in [9.17, 15) is 18.0 Å². The second-order valence-electron chi connectivity index (χ2n) is 5.03. The Kier molecular flexibility index (Phi) is 5.42. The fourth-order valence-corrected chi connectivity index (χ4v) is 2.88. The molecule has 1 aliphatic rings. The number of fused-ring (bicyclic) bond motifs is 1. The first kappa shape index (κ1) is 18.6. The lowest BCUT2D eigenvalue weighted by Gasteiger charge is -2.20. The Labute approximate surface area is 155 Å². The van der Waals surface area contributed by atoms with Crippen LogP contribution in [0.25, 0.3) is 0 Å². The number of benzene rings is 1. The van der Waals surface area contributed by atoms with Gasteiger partial charge in [0.2, 0.25) is 5.91 Å². The topological polar surface area (TPSA) is 73.3 Å². The standard InChI is InChI=1S/C15H11ClF3N3O3S/c16-8-5-10-11(25-4-3-24-10)6-9(8)21-13(23)7-26-14-20-2-1-12(22-14)15(17,18)19/h1-2,5-6H,3-4,7H2,(H,21,23). The zero-order chi connectivity index (χ0) is 18.7. The van der Waals surface area contributed by atoms with Crippen molar-refractivity contribution in [2.75, 3.05) is 24.3 Å². The van der Waals surface area contributed by atoms with Crippen LogP contribution in [-0.2, 0) is 11.0 Å². The summed E-state index contributed by atoms with van der Waals surface area (Å²) in [5.41, 5.74) is -0.753. The third-order valence-corrected chi connectivity index (χ3v) is 4.34. The van der Waals surface area contributed by atoms with Crippen LogP contribution >= 0.6 is 23.4 Å². The Morgan fingerprint density at radius 3 is 2.65 bits per heavy atom. The molecule has 138 valence electrons. The molecular formula is C15H11ClF3N3O3S. The Morgan fingerprint density at radius 2 is 1.96 bits per heavy atom. The van der Waals surface area contributed by atoms with Gasteiger partial charge in [-0.1, -0.05) is 23.4 Å². The Bertz CT molecular complexity index is 836. The van der Waals surface area contributed by atoms with Gasteiger partial charge in [0.25, 0.3) is 0 Å². The Hall–Kier alpha value is -2.20. The molecule has 1 amide bonds. The highest BCUT2D eigenvalue weighted by Crippen LogP contribution is 2.38. The highest BCUT2D eigenvalue weighted by Gasteiger charge is 2.32. The highest BCUT2D eigenvalue weighted by molar-refractivity contribution is 7.99. The lowest BCUT2D eigenvalue weighted by atomic mass is 10.2. The van der Waals surface area contributed by atoms with E-state index < -0.39 is 17.8 Å². The fourth-order valence-electron chi connectivity index (χ4n) is 2.04. The largest absolute Gasteiger partial charge is 0.486 e. The number of hydrogen-bond acceptors (Lipinski definition) is 6. The molecule has 0 spiro atoms. The number of nitrogens with zero attached hydrogens (tertiary/aromatic N) is 2. The molecule has 0 aliphatic carbocycles. The second kappa shape index (κ2) is 7.58. The number of hydrogen-bond donors (Lipinski definition) is 1. The molecule has 0 saturated carbocycles. The summed E-state index contributed by atoms with van der Waals surface area (Å²) in [7, 11) is 0. The van der Waals surface area contributed by atoms with Crippen molar-refractivity contribution in [1.29, 1.82) is 0 Å². The first-order valence-electron chi connectivity index (χ1n) is 7.25. The zero-order valence-corrected chi connectivity index (χ0v) is 14.5. The van der Waals surface area contributed by atoms with E-state index in [-0.39, 0.29) is 15.9 Å². The van der Waals surface area contributed by atoms with Crippen LogP contribution < -0.4 is 14.8 Å². The maximum Gasteiger partial charge on any atom is 0.433 e. The summed E-state index contributed by atoms with van der Waals surface area (Å²) in [4.78, 5) is 19.1. The van der Waals surface area contributed by atoms with E-state index in [1.54, 1.807) is 0 Å². The maximum absolute atomic E-state index is 12.6. The Balaban J connectivity index is 1.63. The third-order valence-electron chi connectivity index (χ3n) is 3.16. The number of rotatable bonds is 4. The van der Waals surface area contributed by atoms with Crippen molar-refractivity contribution >= 4 is 35.0 Å². The van der Waals surface area contributed by atoms with Crippen LogP contribution in [0.2, 0.25) is 5.02 Å². The van der Waals surface area contributed by atoms with Crippen LogP contribution in [-0.4, -0.2) is 34.8 Å². The van der Waals surface area contributed by atoms with Crippen molar-refractivity contribution in [2.24, 2.45) is 0 Å². The van der Waals surface area contributed by atoms with E-state index in [1.807, 2.05) is 0 Å². The Morgan fingerprint density at radius 1 is 1.27 bits per heavy atom. The number of ether oxygens (including phenoxy) is 2. The van der Waals surface area contributed by atoms with E-state index in [0.29, 0.717) is 30.4 Å². The zero-order valence-electron chi connectivity index (χ0n) is 13.0. The molecule has 1 aliphatic heterocycles. The number of carbonyl (C=O) groups is 1. The molecular weight excluding hydrogens is 395 g/mol. The van der Waals surface area contributed by atoms with Gasteiger partial charge in [0.15, 0.2) is 16.7 Å². The second-order valence-corrected chi connectivity index (χ2v) is 6.38. The molecule has 0 unspecified atom stereocenters. The van der Waals surface area contributed by atoms with Crippen LogP contribution in [0.5, 0.6) is 11.5 Å². The van der Waals surface area contributed by atoms with Gasteiger partial charge in [0.05, 0.1) is 16.5 Å². The van der Waals surface area contributed by atoms with Crippen molar-refractivity contribution in [3.05, 3.63) is 35.1 Å². The van der Waals surface area contributed by atoms with Crippen LogP contribution in [0.15, 0.2) is 29.6 Å². The molecule has 2 aromatic rings. The van der Waals surface area contributed by atoms with Crippen molar-refractivity contribution in [3.8, 4) is 11.5 Å². The molecule has 3 rings (SSSR count). The molecule has 1 aromatic carbocycles. The van der Waals surface area contributed by atoms with Gasteiger partial charge in [-0.05, 0) is 6.07 Å². The first-order valence-corrected chi connectivity index (χ1v) is 8.61. The summed E-state index contributed by atoms with van der Waals surface area (Å²) in [5, 5.41) is 2.67. The van der Waals surface area contributed by atoms with Crippen molar-refractivity contribution in [1.82, 2.24) is 9.97 Å². The smallest absolute Gasteiger partial charge is 0.433 e. The van der Waals surface area contributed by atoms with Gasteiger partial charge in [-0.3, -0.25) is 4.79 Å². The molecule has 0 atom stereocenters. The molecule has 0 radical (unpaired) electrons. The minimum atomic E-state index is -4.57. The van der Waals surface area contributed by atoms with E-state index in [0.717, 1.165) is 24.0 Å². The van der Waals surface area contributed by atoms with E-state index in [1.165, 1.54) is 12.1 Å². The SMILES string of the molecule is O=C(CSc1nccc(C(F)(F)F)n1)Nc1cc2c(cc1Cl)OCCO2. The van der Waals surface area contributed by atoms with Crippen LogP contribution in [0.4, 0.5) is 18.9 Å². The lowest BCUT2D eigenvalue weighted by Crippen LogP contribution is -2.17. The average Bonchev–Trinajstić information content (AvgIpc) is 2.60. The molecule has 26 heavy (non-hydrogen) atoms. The summed E-state index contributed by atoms with van der Waals surface area (Å²) in [5.74, 6) is 0.261. The number of alkyl halides is 3. The van der Waals surface area contributed by atoms with Gasteiger partial charge < -0.3 is 14.8 Å². The maximum atomic E-state index is 12.6. The van der Waals surface area contributed by atoms with Gasteiger partial charge in [0.1, 0.15) is 18.9 Å². The lowest BCUT2D eigenvalue weighted by molar-refractivity contribution is -0.141. The van der Waals surface area contributed by atoms with E-state index >= 15 is 0 Å².